The molecule has 2 fully saturated rings. The number of aromatic amines is 1. The number of hydrogen-bond acceptors (Lipinski definition) is 6. The van der Waals surface area contributed by atoms with Crippen LogP contribution < -0.4 is 14.2 Å². The lowest BCUT2D eigenvalue weighted by Gasteiger charge is -2.35. The zero-order valence-electron chi connectivity index (χ0n) is 16.7. The van der Waals surface area contributed by atoms with Gasteiger partial charge in [-0.3, -0.25) is 4.90 Å². The number of likely N-dealkylation sites (tertiary alicyclic amines) is 1. The van der Waals surface area contributed by atoms with Crippen molar-refractivity contribution >= 4 is 11.0 Å². The van der Waals surface area contributed by atoms with E-state index < -0.39 is 6.10 Å². The Hall–Kier alpha value is -2.77. The van der Waals surface area contributed by atoms with Crippen molar-refractivity contribution in [1.82, 2.24) is 14.9 Å². The highest BCUT2D eigenvalue weighted by Gasteiger charge is 2.42. The molecule has 3 aromatic rings. The van der Waals surface area contributed by atoms with Crippen molar-refractivity contribution in [3.8, 4) is 17.2 Å². The molecule has 30 heavy (non-hydrogen) atoms. The normalized spacial score (nSPS) is 28.0. The molecule has 2 N–H and O–H groups in total. The van der Waals surface area contributed by atoms with Crippen LogP contribution in [0.2, 0.25) is 0 Å². The van der Waals surface area contributed by atoms with Crippen LogP contribution in [0.4, 0.5) is 0 Å². The Morgan fingerprint density at radius 2 is 1.90 bits per heavy atom. The summed E-state index contributed by atoms with van der Waals surface area (Å²) in [4.78, 5) is 10.6. The first-order chi connectivity index (χ1) is 14.7. The molecule has 0 amide bonds. The summed E-state index contributed by atoms with van der Waals surface area (Å²) in [7, 11) is 0. The molecule has 4 atom stereocenters. The van der Waals surface area contributed by atoms with Gasteiger partial charge < -0.3 is 24.3 Å². The molecule has 3 heterocycles. The van der Waals surface area contributed by atoms with Gasteiger partial charge in [0.1, 0.15) is 17.7 Å². The monoisotopic (exact) mass is 407 g/mol. The maximum Gasteiger partial charge on any atom is 0.231 e. The molecule has 1 aliphatic carbocycles. The highest BCUT2D eigenvalue weighted by molar-refractivity contribution is 5.74. The Kier molecular flexibility index (Phi) is 4.32. The number of para-hydroxylation sites is 2. The molecule has 2 aliphatic heterocycles. The molecule has 0 bridgehead atoms. The Morgan fingerprint density at radius 1 is 1.07 bits per heavy atom. The third-order valence-electron chi connectivity index (χ3n) is 6.60. The second-order valence-electron chi connectivity index (χ2n) is 8.63. The van der Waals surface area contributed by atoms with Crippen molar-refractivity contribution in [2.45, 2.75) is 31.6 Å². The van der Waals surface area contributed by atoms with Crippen LogP contribution in [-0.4, -0.2) is 52.1 Å². The standard InChI is InChI=1S/C23H25N3O4/c27-19-7-14-10-26(12-23-24-17-3-1-2-4-18(17)25-23)11-15(14)8-21(19)30-16-5-6-20-22(9-16)29-13-28-20/h1-6,9,14-15,19,21,27H,7-8,10-13H2,(H,24,25)/t14-,15+,19+,21+/m0/s1. The van der Waals surface area contributed by atoms with Crippen molar-refractivity contribution in [2.75, 3.05) is 19.9 Å². The molecule has 7 nitrogen and oxygen atoms in total. The number of aromatic nitrogens is 2. The molecule has 0 spiro atoms. The van der Waals surface area contributed by atoms with E-state index in [2.05, 4.69) is 16.0 Å². The molecule has 3 aliphatic rings. The van der Waals surface area contributed by atoms with Crippen molar-refractivity contribution in [2.24, 2.45) is 11.8 Å². The molecule has 1 aromatic heterocycles. The number of imidazole rings is 1. The van der Waals surface area contributed by atoms with Gasteiger partial charge in [0, 0.05) is 19.2 Å². The largest absolute Gasteiger partial charge is 0.488 e. The highest BCUT2D eigenvalue weighted by atomic mass is 16.7. The van der Waals surface area contributed by atoms with Crippen molar-refractivity contribution in [3.05, 3.63) is 48.3 Å². The molecule has 156 valence electrons. The Labute approximate surface area is 174 Å². The second-order valence-corrected chi connectivity index (χ2v) is 8.63. The van der Waals surface area contributed by atoms with Gasteiger partial charge in [-0.25, -0.2) is 4.98 Å². The van der Waals surface area contributed by atoms with Crippen LogP contribution in [0.25, 0.3) is 11.0 Å². The summed E-state index contributed by atoms with van der Waals surface area (Å²) >= 11 is 0. The lowest BCUT2D eigenvalue weighted by molar-refractivity contribution is -0.0232. The number of hydrogen-bond donors (Lipinski definition) is 2. The van der Waals surface area contributed by atoms with Gasteiger partial charge in [0.15, 0.2) is 11.5 Å². The van der Waals surface area contributed by atoms with E-state index in [1.54, 1.807) is 0 Å². The van der Waals surface area contributed by atoms with Crippen LogP contribution in [0.15, 0.2) is 42.5 Å². The maximum absolute atomic E-state index is 10.7. The predicted molar refractivity (Wildman–Crippen MR) is 111 cm³/mol. The van der Waals surface area contributed by atoms with E-state index in [1.807, 2.05) is 36.4 Å². The summed E-state index contributed by atoms with van der Waals surface area (Å²) in [6.45, 7) is 3.06. The number of fused-ring (bicyclic) bond motifs is 3. The van der Waals surface area contributed by atoms with Crippen molar-refractivity contribution in [1.29, 1.82) is 0 Å². The van der Waals surface area contributed by atoms with Crippen LogP contribution in [0, 0.1) is 11.8 Å². The molecule has 0 radical (unpaired) electrons. The number of ether oxygens (including phenoxy) is 3. The smallest absolute Gasteiger partial charge is 0.231 e. The summed E-state index contributed by atoms with van der Waals surface area (Å²) in [5, 5.41) is 10.7. The van der Waals surface area contributed by atoms with Gasteiger partial charge in [0.25, 0.3) is 0 Å². The van der Waals surface area contributed by atoms with Crippen LogP contribution in [0.3, 0.4) is 0 Å². The maximum atomic E-state index is 10.7. The minimum atomic E-state index is -0.456. The summed E-state index contributed by atoms with van der Waals surface area (Å²) in [5.41, 5.74) is 2.09. The van der Waals surface area contributed by atoms with Gasteiger partial charge in [-0.05, 0) is 48.9 Å². The summed E-state index contributed by atoms with van der Waals surface area (Å²) in [5.74, 6) is 4.19. The average molecular weight is 407 g/mol. The van der Waals surface area contributed by atoms with Crippen LogP contribution in [0.5, 0.6) is 17.2 Å². The minimum Gasteiger partial charge on any atom is -0.488 e. The molecule has 1 saturated carbocycles. The van der Waals surface area contributed by atoms with Crippen LogP contribution >= 0.6 is 0 Å². The van der Waals surface area contributed by atoms with E-state index in [0.29, 0.717) is 17.6 Å². The van der Waals surface area contributed by atoms with E-state index in [1.165, 1.54) is 0 Å². The van der Waals surface area contributed by atoms with Gasteiger partial charge in [-0.1, -0.05) is 12.1 Å². The number of H-pyrrole nitrogens is 1. The zero-order chi connectivity index (χ0) is 20.1. The molecule has 1 saturated heterocycles. The van der Waals surface area contributed by atoms with Crippen molar-refractivity contribution < 1.29 is 19.3 Å². The first-order valence-electron chi connectivity index (χ1n) is 10.6. The number of nitrogens with one attached hydrogen (secondary N) is 1. The topological polar surface area (TPSA) is 79.8 Å². The Bertz CT molecular complexity index is 1030. The quantitative estimate of drug-likeness (QED) is 0.692. The number of aliphatic hydroxyl groups excluding tert-OH is 1. The first-order valence-corrected chi connectivity index (χ1v) is 10.6. The number of nitrogens with zero attached hydrogens (tertiary/aromatic N) is 2. The fourth-order valence-electron chi connectivity index (χ4n) is 5.16. The summed E-state index contributed by atoms with van der Waals surface area (Å²) in [6.07, 6.45) is 0.980. The number of aliphatic hydroxyl groups is 1. The Balaban J connectivity index is 1.11. The third kappa shape index (κ3) is 3.28. The highest BCUT2D eigenvalue weighted by Crippen LogP contribution is 2.40. The van der Waals surface area contributed by atoms with Gasteiger partial charge in [0.05, 0.1) is 23.7 Å². The van der Waals surface area contributed by atoms with Gasteiger partial charge >= 0.3 is 0 Å². The SMILES string of the molecule is O[C@@H]1C[C@H]2CN(Cc3nc4ccccc4[nH]3)C[C@H]2C[C@H]1Oc1ccc2c(c1)OCO2. The zero-order valence-corrected chi connectivity index (χ0v) is 16.7. The van der Waals surface area contributed by atoms with E-state index in [0.717, 1.165) is 60.8 Å². The third-order valence-corrected chi connectivity index (χ3v) is 6.60. The Morgan fingerprint density at radius 3 is 2.80 bits per heavy atom. The van der Waals surface area contributed by atoms with Gasteiger partial charge in [-0.15, -0.1) is 0 Å². The average Bonchev–Trinajstić information content (AvgIpc) is 3.45. The van der Waals surface area contributed by atoms with E-state index in [9.17, 15) is 5.11 Å². The minimum absolute atomic E-state index is 0.197. The lowest BCUT2D eigenvalue weighted by atomic mass is 9.78. The predicted octanol–water partition coefficient (Wildman–Crippen LogP) is 2.94. The number of rotatable bonds is 4. The van der Waals surface area contributed by atoms with Gasteiger partial charge in [0.2, 0.25) is 6.79 Å². The fraction of sp³-hybridized carbons (Fsp3) is 0.435. The first kappa shape index (κ1) is 18.0. The van der Waals surface area contributed by atoms with Crippen molar-refractivity contribution in [3.63, 3.8) is 0 Å². The molecule has 2 aromatic carbocycles. The molecular weight excluding hydrogens is 382 g/mol. The fourth-order valence-corrected chi connectivity index (χ4v) is 5.16. The van der Waals surface area contributed by atoms with Crippen LogP contribution in [0.1, 0.15) is 18.7 Å². The van der Waals surface area contributed by atoms with Crippen LogP contribution in [-0.2, 0) is 6.54 Å². The molecular formula is C23H25N3O4. The second kappa shape index (κ2) is 7.18. The molecule has 6 rings (SSSR count). The summed E-state index contributed by atoms with van der Waals surface area (Å²) < 4.78 is 17.0. The van der Waals surface area contributed by atoms with E-state index >= 15 is 0 Å². The van der Waals surface area contributed by atoms with E-state index in [-0.39, 0.29) is 12.9 Å². The number of benzene rings is 2. The van der Waals surface area contributed by atoms with E-state index in [4.69, 9.17) is 19.2 Å². The molecule has 0 unspecified atom stereocenters. The summed E-state index contributed by atoms with van der Waals surface area (Å²) in [6, 6.07) is 13.7. The van der Waals surface area contributed by atoms with Gasteiger partial charge in [-0.2, -0.15) is 0 Å². The lowest BCUT2D eigenvalue weighted by Crippen LogP contribution is -2.42. The molecule has 7 heteroatoms.